The molecule has 1 aromatic carbocycles. The van der Waals surface area contributed by atoms with E-state index in [4.69, 9.17) is 4.74 Å². The minimum Gasteiger partial charge on any atom is -0.366 e. The predicted molar refractivity (Wildman–Crippen MR) is 102 cm³/mol. The highest BCUT2D eigenvalue weighted by molar-refractivity contribution is 6.24. The van der Waals surface area contributed by atoms with E-state index in [1.165, 1.54) is 6.07 Å². The third kappa shape index (κ3) is 4.25. The third-order valence-electron chi connectivity index (χ3n) is 5.72. The number of carbonyl (C=O) groups is 4. The van der Waals surface area contributed by atoms with Crippen LogP contribution in [0.15, 0.2) is 18.2 Å². The van der Waals surface area contributed by atoms with E-state index >= 15 is 0 Å². The van der Waals surface area contributed by atoms with Gasteiger partial charge in [0.2, 0.25) is 11.8 Å². The lowest BCUT2D eigenvalue weighted by molar-refractivity contribution is -0.228. The number of benzene rings is 1. The maximum Gasteiger partial charge on any atom is 0.415 e. The van der Waals surface area contributed by atoms with Crippen molar-refractivity contribution in [2.75, 3.05) is 19.7 Å². The molecule has 3 N–H and O–H groups in total. The minimum absolute atomic E-state index is 0.0316. The number of amides is 4. The van der Waals surface area contributed by atoms with Crippen molar-refractivity contribution in [2.24, 2.45) is 0 Å². The Hall–Kier alpha value is -2.83. The van der Waals surface area contributed by atoms with Gasteiger partial charge in [0.05, 0.1) is 17.7 Å². The highest BCUT2D eigenvalue weighted by Gasteiger charge is 2.45. The van der Waals surface area contributed by atoms with Crippen LogP contribution in [-0.4, -0.2) is 72.6 Å². The molecule has 2 saturated heterocycles. The monoisotopic (exact) mass is 454 g/mol. The Labute approximate surface area is 180 Å². The largest absolute Gasteiger partial charge is 0.415 e. The first-order valence-electron chi connectivity index (χ1n) is 10.1. The zero-order valence-electron chi connectivity index (χ0n) is 16.8. The van der Waals surface area contributed by atoms with E-state index in [-0.39, 0.29) is 56.3 Å². The molecule has 4 amide bonds. The summed E-state index contributed by atoms with van der Waals surface area (Å²) in [7, 11) is 0. The minimum atomic E-state index is -4.42. The number of morpholine rings is 1. The van der Waals surface area contributed by atoms with Crippen LogP contribution in [0.25, 0.3) is 0 Å². The van der Waals surface area contributed by atoms with E-state index in [0.717, 1.165) is 4.90 Å². The lowest BCUT2D eigenvalue weighted by Gasteiger charge is -2.31. The average Bonchev–Trinajstić information content (AvgIpc) is 2.99. The number of fused-ring (bicyclic) bond motifs is 1. The summed E-state index contributed by atoms with van der Waals surface area (Å²) in [5, 5.41) is 8.00. The van der Waals surface area contributed by atoms with Crippen LogP contribution in [0.5, 0.6) is 0 Å². The molecule has 3 aliphatic rings. The number of alkyl halides is 3. The molecule has 12 heteroatoms. The van der Waals surface area contributed by atoms with E-state index in [1.807, 2.05) is 0 Å². The molecule has 2 fully saturated rings. The fourth-order valence-electron chi connectivity index (χ4n) is 4.08. The Morgan fingerprint density at radius 2 is 1.94 bits per heavy atom. The number of rotatable bonds is 5. The maximum absolute atomic E-state index is 13.0. The number of halogens is 3. The summed E-state index contributed by atoms with van der Waals surface area (Å²) < 4.78 is 42.8. The zero-order chi connectivity index (χ0) is 23.0. The lowest BCUT2D eigenvalue weighted by Crippen LogP contribution is -2.54. The van der Waals surface area contributed by atoms with E-state index in [0.29, 0.717) is 5.56 Å². The highest BCUT2D eigenvalue weighted by Crippen LogP contribution is 2.30. The van der Waals surface area contributed by atoms with E-state index < -0.39 is 42.0 Å². The molecule has 9 nitrogen and oxygen atoms in total. The van der Waals surface area contributed by atoms with Crippen molar-refractivity contribution in [1.29, 1.82) is 0 Å². The normalized spacial score (nSPS) is 26.3. The standard InChI is InChI=1S/C20H21F3N4O5/c21-20(22,23)14-8-25-11(9-32-14)7-24-6-10-2-1-3-12-16(10)19(31)27(18(12)30)13-4-5-15(28)26-17(13)29/h1-3,11,13-14,24-25H,4-9H2,(H,26,28,29). The Kier molecular flexibility index (Phi) is 6.01. The van der Waals surface area contributed by atoms with E-state index in [9.17, 15) is 32.3 Å². The number of hydrogen-bond donors (Lipinski definition) is 3. The Bertz CT molecular complexity index is 959. The van der Waals surface area contributed by atoms with Crippen LogP contribution in [0.1, 0.15) is 39.1 Å². The molecule has 32 heavy (non-hydrogen) atoms. The van der Waals surface area contributed by atoms with Gasteiger partial charge in [0.25, 0.3) is 11.8 Å². The Balaban J connectivity index is 1.39. The van der Waals surface area contributed by atoms with Crippen LogP contribution in [0.4, 0.5) is 13.2 Å². The summed E-state index contributed by atoms with van der Waals surface area (Å²) in [4.78, 5) is 50.3. The summed E-state index contributed by atoms with van der Waals surface area (Å²) in [6.07, 6.45) is -6.16. The van der Waals surface area contributed by atoms with Crippen LogP contribution in [0.2, 0.25) is 0 Å². The van der Waals surface area contributed by atoms with Crippen LogP contribution >= 0.6 is 0 Å². The van der Waals surface area contributed by atoms with Gasteiger partial charge >= 0.3 is 6.18 Å². The van der Waals surface area contributed by atoms with Gasteiger partial charge in [-0.1, -0.05) is 12.1 Å². The van der Waals surface area contributed by atoms with Gasteiger partial charge in [-0.15, -0.1) is 0 Å². The molecule has 3 aliphatic heterocycles. The van der Waals surface area contributed by atoms with Gasteiger partial charge in [-0.25, -0.2) is 0 Å². The molecule has 3 heterocycles. The maximum atomic E-state index is 13.0. The fraction of sp³-hybridized carbons (Fsp3) is 0.500. The quantitative estimate of drug-likeness (QED) is 0.541. The molecule has 3 atom stereocenters. The number of hydrogen-bond acceptors (Lipinski definition) is 7. The van der Waals surface area contributed by atoms with Gasteiger partial charge in [0.1, 0.15) is 6.04 Å². The van der Waals surface area contributed by atoms with Crippen LogP contribution in [0, 0.1) is 0 Å². The van der Waals surface area contributed by atoms with Crippen molar-refractivity contribution in [1.82, 2.24) is 20.9 Å². The van der Waals surface area contributed by atoms with Gasteiger partial charge in [0.15, 0.2) is 6.10 Å². The number of piperidine rings is 1. The molecule has 0 aromatic heterocycles. The van der Waals surface area contributed by atoms with Gasteiger partial charge < -0.3 is 15.4 Å². The van der Waals surface area contributed by atoms with Crippen molar-refractivity contribution in [3.05, 3.63) is 34.9 Å². The van der Waals surface area contributed by atoms with Crippen molar-refractivity contribution in [3.63, 3.8) is 0 Å². The van der Waals surface area contributed by atoms with Crippen molar-refractivity contribution in [3.8, 4) is 0 Å². The number of ether oxygens (including phenoxy) is 1. The molecule has 172 valence electrons. The number of nitrogens with one attached hydrogen (secondary N) is 3. The van der Waals surface area contributed by atoms with Crippen molar-refractivity contribution >= 4 is 23.6 Å². The average molecular weight is 454 g/mol. The molecule has 4 rings (SSSR count). The zero-order valence-corrected chi connectivity index (χ0v) is 16.8. The molecule has 0 saturated carbocycles. The molecular formula is C20H21F3N4O5. The SMILES string of the molecule is O=C1CCC(N2C(=O)c3cccc(CNCC4COC(C(F)(F)F)CN4)c3C2=O)C(=O)N1. The summed E-state index contributed by atoms with van der Waals surface area (Å²) in [6, 6.07) is 3.38. The van der Waals surface area contributed by atoms with Crippen molar-refractivity contribution < 1.29 is 37.1 Å². The Morgan fingerprint density at radius 1 is 1.16 bits per heavy atom. The van der Waals surface area contributed by atoms with Gasteiger partial charge in [-0.05, 0) is 18.1 Å². The molecule has 0 aliphatic carbocycles. The number of imide groups is 2. The second-order valence-corrected chi connectivity index (χ2v) is 7.89. The molecule has 0 spiro atoms. The second kappa shape index (κ2) is 8.60. The summed E-state index contributed by atoms with van der Waals surface area (Å²) in [5.41, 5.74) is 0.881. The molecule has 0 radical (unpaired) electrons. The highest BCUT2D eigenvalue weighted by atomic mass is 19.4. The summed E-state index contributed by atoms with van der Waals surface area (Å²) in [5.74, 6) is -2.34. The first kappa shape index (κ1) is 22.4. The first-order valence-corrected chi connectivity index (χ1v) is 10.1. The molecular weight excluding hydrogens is 433 g/mol. The summed E-state index contributed by atoms with van der Waals surface area (Å²) >= 11 is 0. The van der Waals surface area contributed by atoms with E-state index in [2.05, 4.69) is 16.0 Å². The van der Waals surface area contributed by atoms with Crippen LogP contribution in [0.3, 0.4) is 0 Å². The fourth-order valence-corrected chi connectivity index (χ4v) is 4.08. The second-order valence-electron chi connectivity index (χ2n) is 7.89. The third-order valence-corrected chi connectivity index (χ3v) is 5.72. The van der Waals surface area contributed by atoms with Gasteiger partial charge in [-0.3, -0.25) is 29.4 Å². The predicted octanol–water partition coefficient (Wildman–Crippen LogP) is 0.0967. The topological polar surface area (TPSA) is 117 Å². The number of carbonyl (C=O) groups excluding carboxylic acids is 4. The summed E-state index contributed by atoms with van der Waals surface area (Å²) in [6.45, 7) is 0.00870. The van der Waals surface area contributed by atoms with Crippen LogP contribution in [-0.2, 0) is 20.9 Å². The first-order chi connectivity index (χ1) is 15.2. The van der Waals surface area contributed by atoms with Crippen molar-refractivity contribution in [2.45, 2.75) is 43.8 Å². The Morgan fingerprint density at radius 3 is 2.59 bits per heavy atom. The smallest absolute Gasteiger partial charge is 0.366 e. The molecule has 3 unspecified atom stereocenters. The van der Waals surface area contributed by atoms with Gasteiger partial charge in [-0.2, -0.15) is 13.2 Å². The van der Waals surface area contributed by atoms with Crippen LogP contribution < -0.4 is 16.0 Å². The number of nitrogens with zero attached hydrogens (tertiary/aromatic N) is 1. The van der Waals surface area contributed by atoms with Gasteiger partial charge in [0, 0.05) is 32.1 Å². The lowest BCUT2D eigenvalue weighted by atomic mass is 10.0. The van der Waals surface area contributed by atoms with E-state index in [1.54, 1.807) is 12.1 Å². The molecule has 1 aromatic rings. The molecule has 0 bridgehead atoms.